The van der Waals surface area contributed by atoms with Gasteiger partial charge >= 0.3 is 0 Å². The molecule has 0 aliphatic carbocycles. The Morgan fingerprint density at radius 1 is 1.19 bits per heavy atom. The van der Waals surface area contributed by atoms with E-state index in [9.17, 15) is 4.79 Å². The second-order valence-corrected chi connectivity index (χ2v) is 7.54. The maximum atomic E-state index is 12.3. The number of carbonyl (C=O) groups excluding carboxylic acids is 1. The first-order chi connectivity index (χ1) is 10.0. The quantitative estimate of drug-likeness (QED) is 0.835. The van der Waals surface area contributed by atoms with Gasteiger partial charge in [-0.05, 0) is 51.7 Å². The van der Waals surface area contributed by atoms with Crippen molar-refractivity contribution in [3.63, 3.8) is 0 Å². The molecule has 2 rings (SSSR count). The van der Waals surface area contributed by atoms with Crippen LogP contribution in [0.5, 0.6) is 5.75 Å². The lowest BCUT2D eigenvalue weighted by Crippen LogP contribution is -2.31. The fourth-order valence-electron chi connectivity index (χ4n) is 2.09. The van der Waals surface area contributed by atoms with E-state index in [0.717, 1.165) is 15.1 Å². The van der Waals surface area contributed by atoms with Crippen molar-refractivity contribution in [2.24, 2.45) is 5.92 Å². The van der Waals surface area contributed by atoms with E-state index in [4.69, 9.17) is 4.74 Å². The number of hydrogen-bond donors (Lipinski definition) is 1. The first-order valence-electron chi connectivity index (χ1n) is 6.71. The second kappa shape index (κ2) is 7.09. The van der Waals surface area contributed by atoms with E-state index >= 15 is 0 Å². The van der Waals surface area contributed by atoms with E-state index in [0.29, 0.717) is 10.8 Å². The van der Waals surface area contributed by atoms with Crippen LogP contribution in [0.3, 0.4) is 0 Å². The van der Waals surface area contributed by atoms with Crippen LogP contribution in [0.25, 0.3) is 0 Å². The summed E-state index contributed by atoms with van der Waals surface area (Å²) in [5.41, 5.74) is 1.08. The van der Waals surface area contributed by atoms with Crippen molar-refractivity contribution in [2.75, 3.05) is 7.11 Å². The zero-order valence-electron chi connectivity index (χ0n) is 12.2. The summed E-state index contributed by atoms with van der Waals surface area (Å²) in [4.78, 5) is 13.0. The zero-order valence-corrected chi connectivity index (χ0v) is 14.6. The highest BCUT2D eigenvalue weighted by Crippen LogP contribution is 2.26. The van der Waals surface area contributed by atoms with E-state index in [-0.39, 0.29) is 11.9 Å². The summed E-state index contributed by atoms with van der Waals surface area (Å²) in [6.07, 6.45) is 0. The number of methoxy groups -OCH3 is 1. The van der Waals surface area contributed by atoms with Gasteiger partial charge in [-0.25, -0.2) is 0 Å². The molecule has 0 radical (unpaired) electrons. The van der Waals surface area contributed by atoms with E-state index in [1.165, 1.54) is 11.3 Å². The van der Waals surface area contributed by atoms with Gasteiger partial charge in [0.15, 0.2) is 0 Å². The molecule has 21 heavy (non-hydrogen) atoms. The van der Waals surface area contributed by atoms with E-state index in [2.05, 4.69) is 35.1 Å². The van der Waals surface area contributed by atoms with Crippen molar-refractivity contribution in [1.29, 1.82) is 0 Å². The van der Waals surface area contributed by atoms with Crippen LogP contribution in [0.1, 0.15) is 35.1 Å². The average molecular weight is 368 g/mol. The predicted octanol–water partition coefficient (Wildman–Crippen LogP) is 4.65. The molecule has 0 saturated carbocycles. The van der Waals surface area contributed by atoms with Gasteiger partial charge in [0.05, 0.1) is 21.8 Å². The molecule has 1 N–H and O–H groups in total. The number of carbonyl (C=O) groups is 1. The topological polar surface area (TPSA) is 38.3 Å². The van der Waals surface area contributed by atoms with Gasteiger partial charge < -0.3 is 10.1 Å². The summed E-state index contributed by atoms with van der Waals surface area (Å²) in [5, 5.41) is 3.11. The van der Waals surface area contributed by atoms with Crippen LogP contribution in [-0.4, -0.2) is 13.0 Å². The molecule has 1 amide bonds. The summed E-state index contributed by atoms with van der Waals surface area (Å²) < 4.78 is 6.13. The lowest BCUT2D eigenvalue weighted by Gasteiger charge is -2.22. The standard InChI is InChI=1S/C16H18BrNO2S/c1-10(2)15(11-4-6-12(20-3)7-5-11)18-16(19)13-8-9-14(17)21-13/h4-10,15H,1-3H3,(H,18,19). The minimum absolute atomic E-state index is 0.0238. The molecule has 0 spiro atoms. The fourth-order valence-corrected chi connectivity index (χ4v) is 3.38. The molecule has 0 bridgehead atoms. The Labute approximate surface area is 137 Å². The first-order valence-corrected chi connectivity index (χ1v) is 8.32. The van der Waals surface area contributed by atoms with Crippen LogP contribution in [0.15, 0.2) is 40.2 Å². The SMILES string of the molecule is COc1ccc(C(NC(=O)c2ccc(Br)s2)C(C)C)cc1. The van der Waals surface area contributed by atoms with Gasteiger partial charge in [-0.3, -0.25) is 4.79 Å². The second-order valence-electron chi connectivity index (χ2n) is 5.07. The number of rotatable bonds is 5. The minimum atomic E-state index is -0.0415. The Morgan fingerprint density at radius 2 is 1.86 bits per heavy atom. The van der Waals surface area contributed by atoms with Crippen LogP contribution < -0.4 is 10.1 Å². The van der Waals surface area contributed by atoms with Gasteiger partial charge in [0, 0.05) is 0 Å². The lowest BCUT2D eigenvalue weighted by atomic mass is 9.96. The van der Waals surface area contributed by atoms with E-state index in [1.54, 1.807) is 7.11 Å². The predicted molar refractivity (Wildman–Crippen MR) is 90.1 cm³/mol. The molecule has 1 unspecified atom stereocenters. The van der Waals surface area contributed by atoms with E-state index in [1.807, 2.05) is 36.4 Å². The monoisotopic (exact) mass is 367 g/mol. The molecule has 1 aromatic heterocycles. The smallest absolute Gasteiger partial charge is 0.261 e. The summed E-state index contributed by atoms with van der Waals surface area (Å²) >= 11 is 4.82. The number of hydrogen-bond acceptors (Lipinski definition) is 3. The van der Waals surface area contributed by atoms with Gasteiger partial charge in [0.1, 0.15) is 5.75 Å². The Hall–Kier alpha value is -1.33. The molecule has 2 aromatic rings. The van der Waals surface area contributed by atoms with Gasteiger partial charge in [0.25, 0.3) is 5.91 Å². The third-order valence-corrected chi connectivity index (χ3v) is 4.85. The number of amides is 1. The molecule has 3 nitrogen and oxygen atoms in total. The maximum Gasteiger partial charge on any atom is 0.261 e. The normalized spacial score (nSPS) is 12.2. The van der Waals surface area contributed by atoms with Crippen molar-refractivity contribution in [2.45, 2.75) is 19.9 Å². The molecule has 1 heterocycles. The third-order valence-electron chi connectivity index (χ3n) is 3.23. The third kappa shape index (κ3) is 4.08. The maximum absolute atomic E-state index is 12.3. The molecule has 0 saturated heterocycles. The van der Waals surface area contributed by atoms with Crippen molar-refractivity contribution < 1.29 is 9.53 Å². The van der Waals surface area contributed by atoms with Crippen molar-refractivity contribution >= 4 is 33.2 Å². The number of benzene rings is 1. The lowest BCUT2D eigenvalue weighted by molar-refractivity contribution is 0.0930. The molecular weight excluding hydrogens is 350 g/mol. The summed E-state index contributed by atoms with van der Waals surface area (Å²) in [7, 11) is 1.64. The summed E-state index contributed by atoms with van der Waals surface area (Å²) in [6.45, 7) is 4.19. The van der Waals surface area contributed by atoms with Crippen molar-refractivity contribution in [3.05, 3.63) is 50.6 Å². The average Bonchev–Trinajstić information content (AvgIpc) is 2.91. The summed E-state index contributed by atoms with van der Waals surface area (Å²) in [6, 6.07) is 11.5. The largest absolute Gasteiger partial charge is 0.497 e. The molecule has 0 fully saturated rings. The molecule has 112 valence electrons. The fraction of sp³-hybridized carbons (Fsp3) is 0.312. The number of nitrogens with one attached hydrogen (secondary N) is 1. The molecular formula is C16H18BrNO2S. The number of ether oxygens (including phenoxy) is 1. The molecule has 1 atom stereocenters. The number of thiophene rings is 1. The van der Waals surface area contributed by atoms with Gasteiger partial charge in [0.2, 0.25) is 0 Å². The van der Waals surface area contributed by atoms with Gasteiger partial charge in [-0.1, -0.05) is 26.0 Å². The first kappa shape index (κ1) is 16.0. The Kier molecular flexibility index (Phi) is 5.42. The van der Waals surface area contributed by atoms with Crippen LogP contribution in [-0.2, 0) is 0 Å². The number of halogens is 1. The molecule has 1 aromatic carbocycles. The van der Waals surface area contributed by atoms with Crippen LogP contribution in [0, 0.1) is 5.92 Å². The minimum Gasteiger partial charge on any atom is -0.497 e. The van der Waals surface area contributed by atoms with Crippen LogP contribution in [0.2, 0.25) is 0 Å². The van der Waals surface area contributed by atoms with E-state index < -0.39 is 0 Å². The molecule has 0 aliphatic heterocycles. The highest BCUT2D eigenvalue weighted by Gasteiger charge is 2.20. The van der Waals surface area contributed by atoms with Gasteiger partial charge in [-0.15, -0.1) is 11.3 Å². The summed E-state index contributed by atoms with van der Waals surface area (Å²) in [5.74, 6) is 1.07. The Morgan fingerprint density at radius 3 is 2.33 bits per heavy atom. The Bertz CT molecular complexity index is 607. The van der Waals surface area contributed by atoms with Crippen LogP contribution in [0.4, 0.5) is 0 Å². The molecule has 0 aliphatic rings. The molecule has 5 heteroatoms. The van der Waals surface area contributed by atoms with Crippen LogP contribution >= 0.6 is 27.3 Å². The van der Waals surface area contributed by atoms with Crippen molar-refractivity contribution in [1.82, 2.24) is 5.32 Å². The highest BCUT2D eigenvalue weighted by atomic mass is 79.9. The van der Waals surface area contributed by atoms with Gasteiger partial charge in [-0.2, -0.15) is 0 Å². The highest BCUT2D eigenvalue weighted by molar-refractivity contribution is 9.11. The Balaban J connectivity index is 2.16. The zero-order chi connectivity index (χ0) is 15.4. The van der Waals surface area contributed by atoms with Crippen molar-refractivity contribution in [3.8, 4) is 5.75 Å².